The number of amides is 2. The monoisotopic (exact) mass is 344 g/mol. The van der Waals surface area contributed by atoms with Crippen LogP contribution >= 0.6 is 12.2 Å². The molecule has 0 atom stereocenters. The van der Waals surface area contributed by atoms with Gasteiger partial charge in [0.15, 0.2) is 5.11 Å². The first-order chi connectivity index (χ1) is 11.5. The number of carbonyl (C=O) groups is 2. The molecule has 1 N–H and O–H groups in total. The standard InChI is InChI=1S/C18H20N2O3S/c1-4-8-12-9-7-10-13(15(12)21)11-14-16(22)19(5-2)18(24)20(6-3)17(14)23/h4,7,9-11,21H,1,5-6,8H2,2-3H3. The molecule has 1 fully saturated rings. The van der Waals surface area contributed by atoms with E-state index in [1.807, 2.05) is 0 Å². The predicted octanol–water partition coefficient (Wildman–Crippen LogP) is 2.50. The Hall–Kier alpha value is -2.47. The van der Waals surface area contributed by atoms with Gasteiger partial charge in [-0.15, -0.1) is 6.58 Å². The number of benzene rings is 1. The molecule has 1 aromatic carbocycles. The highest BCUT2D eigenvalue weighted by molar-refractivity contribution is 7.80. The molecule has 0 aliphatic carbocycles. The van der Waals surface area contributed by atoms with Gasteiger partial charge in [0.1, 0.15) is 11.3 Å². The van der Waals surface area contributed by atoms with Crippen molar-refractivity contribution in [2.24, 2.45) is 0 Å². The van der Waals surface area contributed by atoms with Gasteiger partial charge in [0.25, 0.3) is 11.8 Å². The third-order valence-electron chi connectivity index (χ3n) is 3.86. The first-order valence-corrected chi connectivity index (χ1v) is 8.18. The Morgan fingerprint density at radius 1 is 1.17 bits per heavy atom. The molecule has 1 aliphatic rings. The summed E-state index contributed by atoms with van der Waals surface area (Å²) in [5.74, 6) is -0.832. The van der Waals surface area contributed by atoms with Crippen molar-refractivity contribution in [1.82, 2.24) is 9.80 Å². The van der Waals surface area contributed by atoms with Crippen LogP contribution in [-0.2, 0) is 16.0 Å². The fourth-order valence-corrected chi connectivity index (χ4v) is 3.01. The van der Waals surface area contributed by atoms with E-state index in [0.717, 1.165) is 0 Å². The molecule has 0 saturated carbocycles. The summed E-state index contributed by atoms with van der Waals surface area (Å²) in [6.07, 6.45) is 3.61. The van der Waals surface area contributed by atoms with Crippen LogP contribution in [0.25, 0.3) is 6.08 Å². The molecule has 1 heterocycles. The van der Waals surface area contributed by atoms with E-state index < -0.39 is 11.8 Å². The molecule has 0 spiro atoms. The van der Waals surface area contributed by atoms with E-state index in [-0.39, 0.29) is 16.4 Å². The van der Waals surface area contributed by atoms with Crippen molar-refractivity contribution in [3.05, 3.63) is 47.6 Å². The highest BCUT2D eigenvalue weighted by Gasteiger charge is 2.37. The van der Waals surface area contributed by atoms with Gasteiger partial charge in [-0.05, 0) is 44.1 Å². The quantitative estimate of drug-likeness (QED) is 0.386. The lowest BCUT2D eigenvalue weighted by molar-refractivity contribution is -0.133. The van der Waals surface area contributed by atoms with Gasteiger partial charge < -0.3 is 5.11 Å². The summed E-state index contributed by atoms with van der Waals surface area (Å²) >= 11 is 5.22. The number of carbonyl (C=O) groups excluding carboxylic acids is 2. The molecule has 5 nitrogen and oxygen atoms in total. The van der Waals surface area contributed by atoms with Crippen LogP contribution in [0.2, 0.25) is 0 Å². The normalized spacial score (nSPS) is 15.1. The number of para-hydroxylation sites is 1. The average Bonchev–Trinajstić information content (AvgIpc) is 2.56. The van der Waals surface area contributed by atoms with Crippen molar-refractivity contribution in [3.8, 4) is 5.75 Å². The minimum absolute atomic E-state index is 0.00152. The lowest BCUT2D eigenvalue weighted by atomic mass is 10.0. The van der Waals surface area contributed by atoms with Crippen molar-refractivity contribution in [2.75, 3.05) is 13.1 Å². The van der Waals surface area contributed by atoms with Gasteiger partial charge in [-0.2, -0.15) is 0 Å². The average molecular weight is 344 g/mol. The molecule has 6 heteroatoms. The zero-order chi connectivity index (χ0) is 17.9. The van der Waals surface area contributed by atoms with Gasteiger partial charge in [-0.3, -0.25) is 19.4 Å². The van der Waals surface area contributed by atoms with Crippen LogP contribution in [0, 0.1) is 0 Å². The van der Waals surface area contributed by atoms with Crippen molar-refractivity contribution in [2.45, 2.75) is 20.3 Å². The fraction of sp³-hybridized carbons (Fsp3) is 0.278. The summed E-state index contributed by atoms with van der Waals surface area (Å²) in [4.78, 5) is 28.0. The maximum atomic E-state index is 12.6. The van der Waals surface area contributed by atoms with Gasteiger partial charge in [0, 0.05) is 18.7 Å². The van der Waals surface area contributed by atoms with E-state index in [1.165, 1.54) is 15.9 Å². The fourth-order valence-electron chi connectivity index (χ4n) is 2.59. The Bertz CT molecular complexity index is 712. The van der Waals surface area contributed by atoms with Crippen LogP contribution in [0.4, 0.5) is 0 Å². The number of hydrogen-bond donors (Lipinski definition) is 1. The summed E-state index contributed by atoms with van der Waals surface area (Å²) in [7, 11) is 0. The highest BCUT2D eigenvalue weighted by Crippen LogP contribution is 2.27. The third-order valence-corrected chi connectivity index (χ3v) is 4.30. The first kappa shape index (κ1) is 17.9. The van der Waals surface area contributed by atoms with Crippen molar-refractivity contribution in [3.63, 3.8) is 0 Å². The molecule has 0 radical (unpaired) electrons. The zero-order valence-electron chi connectivity index (χ0n) is 13.8. The predicted molar refractivity (Wildman–Crippen MR) is 97.4 cm³/mol. The van der Waals surface area contributed by atoms with E-state index in [1.54, 1.807) is 38.1 Å². The summed E-state index contributed by atoms with van der Waals surface area (Å²) in [6.45, 7) is 8.01. The largest absolute Gasteiger partial charge is 0.507 e. The van der Waals surface area contributed by atoms with E-state index in [4.69, 9.17) is 12.2 Å². The maximum absolute atomic E-state index is 12.6. The molecular formula is C18H20N2O3S. The molecule has 0 aromatic heterocycles. The van der Waals surface area contributed by atoms with Crippen molar-refractivity contribution >= 4 is 35.2 Å². The second-order valence-corrected chi connectivity index (χ2v) is 5.65. The van der Waals surface area contributed by atoms with Crippen LogP contribution in [-0.4, -0.2) is 44.9 Å². The van der Waals surface area contributed by atoms with Gasteiger partial charge in [-0.1, -0.05) is 24.3 Å². The molecule has 2 rings (SSSR count). The van der Waals surface area contributed by atoms with Gasteiger partial charge in [-0.25, -0.2) is 0 Å². The lowest BCUT2D eigenvalue weighted by Gasteiger charge is -2.35. The number of nitrogens with zero attached hydrogens (tertiary/aromatic N) is 2. The number of hydrogen-bond acceptors (Lipinski definition) is 4. The molecule has 1 saturated heterocycles. The van der Waals surface area contributed by atoms with Gasteiger partial charge in [0.2, 0.25) is 0 Å². The third kappa shape index (κ3) is 3.10. The number of thiocarbonyl (C=S) groups is 1. The molecule has 126 valence electrons. The zero-order valence-corrected chi connectivity index (χ0v) is 14.6. The van der Waals surface area contributed by atoms with Crippen LogP contribution < -0.4 is 0 Å². The number of likely N-dealkylation sites (N-methyl/N-ethyl adjacent to an activating group) is 2. The SMILES string of the molecule is C=CCc1cccc(C=C2C(=O)N(CC)C(=S)N(CC)C2=O)c1O. The Morgan fingerprint density at radius 2 is 1.75 bits per heavy atom. The summed E-state index contributed by atoms with van der Waals surface area (Å²) < 4.78 is 0. The topological polar surface area (TPSA) is 60.9 Å². The number of phenols is 1. The summed E-state index contributed by atoms with van der Waals surface area (Å²) in [5.41, 5.74) is 1.11. The molecule has 2 amide bonds. The Labute approximate surface area is 146 Å². The minimum Gasteiger partial charge on any atom is -0.507 e. The molecular weight excluding hydrogens is 324 g/mol. The maximum Gasteiger partial charge on any atom is 0.265 e. The molecule has 1 aromatic rings. The van der Waals surface area contributed by atoms with E-state index in [9.17, 15) is 14.7 Å². The molecule has 1 aliphatic heterocycles. The number of aromatic hydroxyl groups is 1. The molecule has 24 heavy (non-hydrogen) atoms. The van der Waals surface area contributed by atoms with Crippen LogP contribution in [0.1, 0.15) is 25.0 Å². The van der Waals surface area contributed by atoms with Crippen molar-refractivity contribution in [1.29, 1.82) is 0 Å². The molecule has 0 unspecified atom stereocenters. The smallest absolute Gasteiger partial charge is 0.265 e. The Kier molecular flexibility index (Phi) is 5.51. The number of rotatable bonds is 5. The van der Waals surface area contributed by atoms with Crippen LogP contribution in [0.5, 0.6) is 5.75 Å². The van der Waals surface area contributed by atoms with Gasteiger partial charge >= 0.3 is 0 Å². The number of phenolic OH excluding ortho intramolecular Hbond substituents is 1. The van der Waals surface area contributed by atoms with E-state index >= 15 is 0 Å². The second-order valence-electron chi connectivity index (χ2n) is 5.29. The van der Waals surface area contributed by atoms with Crippen LogP contribution in [0.15, 0.2) is 36.4 Å². The Balaban J connectivity index is 2.53. The van der Waals surface area contributed by atoms with E-state index in [0.29, 0.717) is 30.6 Å². The first-order valence-electron chi connectivity index (χ1n) is 7.77. The second kappa shape index (κ2) is 7.40. The van der Waals surface area contributed by atoms with E-state index in [2.05, 4.69) is 6.58 Å². The lowest BCUT2D eigenvalue weighted by Crippen LogP contribution is -2.55. The van der Waals surface area contributed by atoms with Gasteiger partial charge in [0.05, 0.1) is 0 Å². The minimum atomic E-state index is -0.439. The summed E-state index contributed by atoms with van der Waals surface area (Å²) in [5, 5.41) is 10.6. The highest BCUT2D eigenvalue weighted by atomic mass is 32.1. The number of allylic oxidation sites excluding steroid dienone is 1. The molecule has 0 bridgehead atoms. The van der Waals surface area contributed by atoms with Crippen LogP contribution in [0.3, 0.4) is 0 Å². The Morgan fingerprint density at radius 3 is 2.25 bits per heavy atom. The summed E-state index contributed by atoms with van der Waals surface area (Å²) in [6, 6.07) is 5.20. The van der Waals surface area contributed by atoms with Crippen molar-refractivity contribution < 1.29 is 14.7 Å².